The summed E-state index contributed by atoms with van der Waals surface area (Å²) in [4.78, 5) is 16.5. The minimum absolute atomic E-state index is 0.124. The summed E-state index contributed by atoms with van der Waals surface area (Å²) in [5.74, 6) is 0.362. The van der Waals surface area contributed by atoms with Crippen LogP contribution in [0.25, 0.3) is 0 Å². The third-order valence-corrected chi connectivity index (χ3v) is 4.25. The number of aromatic nitrogens is 2. The van der Waals surface area contributed by atoms with Crippen LogP contribution in [0.2, 0.25) is 0 Å². The first-order valence-electron chi connectivity index (χ1n) is 7.32. The Bertz CT molecular complexity index is 518. The Morgan fingerprint density at radius 2 is 2.05 bits per heavy atom. The monoisotopic (exact) mass is 278 g/mol. The lowest BCUT2D eigenvalue weighted by Crippen LogP contribution is -2.45. The van der Waals surface area contributed by atoms with Gasteiger partial charge in [-0.2, -0.15) is 5.10 Å². The van der Waals surface area contributed by atoms with Gasteiger partial charge in [0.15, 0.2) is 0 Å². The molecule has 1 aromatic heterocycles. The molecule has 6 heteroatoms. The van der Waals surface area contributed by atoms with Gasteiger partial charge < -0.3 is 14.9 Å². The first kappa shape index (κ1) is 13.6. The van der Waals surface area contributed by atoms with E-state index < -0.39 is 6.10 Å². The maximum Gasteiger partial charge on any atom is 0.268 e. The van der Waals surface area contributed by atoms with Crippen LogP contribution >= 0.6 is 0 Å². The Morgan fingerprint density at radius 3 is 2.65 bits per heavy atom. The molecule has 2 heterocycles. The van der Waals surface area contributed by atoms with Gasteiger partial charge in [0.25, 0.3) is 5.56 Å². The molecule has 1 aliphatic heterocycles. The van der Waals surface area contributed by atoms with Gasteiger partial charge in [0.1, 0.15) is 0 Å². The summed E-state index contributed by atoms with van der Waals surface area (Å²) in [5, 5.41) is 14.1. The average molecular weight is 278 g/mol. The van der Waals surface area contributed by atoms with E-state index in [1.54, 1.807) is 12.3 Å². The zero-order valence-electron chi connectivity index (χ0n) is 11.9. The minimum Gasteiger partial charge on any atom is -0.391 e. The van der Waals surface area contributed by atoms with Gasteiger partial charge in [-0.1, -0.05) is 0 Å². The average Bonchev–Trinajstić information content (AvgIpc) is 3.26. The summed E-state index contributed by atoms with van der Waals surface area (Å²) in [5.41, 5.74) is 0.765. The van der Waals surface area contributed by atoms with Crippen molar-refractivity contribution in [1.82, 2.24) is 14.7 Å². The zero-order chi connectivity index (χ0) is 14.1. The van der Waals surface area contributed by atoms with Crippen molar-refractivity contribution in [3.63, 3.8) is 0 Å². The highest BCUT2D eigenvalue weighted by Crippen LogP contribution is 2.32. The summed E-state index contributed by atoms with van der Waals surface area (Å²) >= 11 is 0. The van der Waals surface area contributed by atoms with Gasteiger partial charge in [-0.15, -0.1) is 0 Å². The molecule has 0 bridgehead atoms. The molecule has 110 valence electrons. The SMILES string of the molecule is CN1CCN(c2cnn(CC(O)C3CC3)c(=O)c2)CC1. The van der Waals surface area contributed by atoms with Crippen molar-refractivity contribution < 1.29 is 5.11 Å². The molecule has 6 nitrogen and oxygen atoms in total. The number of hydrogen-bond acceptors (Lipinski definition) is 5. The van der Waals surface area contributed by atoms with E-state index in [2.05, 4.69) is 21.9 Å². The fourth-order valence-electron chi connectivity index (χ4n) is 2.61. The van der Waals surface area contributed by atoms with Crippen LogP contribution in [0.3, 0.4) is 0 Å². The van der Waals surface area contributed by atoms with Crippen molar-refractivity contribution in [1.29, 1.82) is 0 Å². The summed E-state index contributed by atoms with van der Waals surface area (Å²) in [6.07, 6.45) is 3.44. The van der Waals surface area contributed by atoms with E-state index in [0.29, 0.717) is 12.5 Å². The Hall–Kier alpha value is -1.40. The molecule has 0 aromatic carbocycles. The summed E-state index contributed by atoms with van der Waals surface area (Å²) in [6, 6.07) is 1.64. The van der Waals surface area contributed by atoms with Crippen molar-refractivity contribution in [3.8, 4) is 0 Å². The van der Waals surface area contributed by atoms with Crippen molar-refractivity contribution in [2.45, 2.75) is 25.5 Å². The fourth-order valence-corrected chi connectivity index (χ4v) is 2.61. The predicted octanol–water partition coefficient (Wildman–Crippen LogP) is -0.234. The molecule has 0 spiro atoms. The van der Waals surface area contributed by atoms with E-state index >= 15 is 0 Å². The second-order valence-corrected chi connectivity index (χ2v) is 5.93. The van der Waals surface area contributed by atoms with Crippen LogP contribution in [0.4, 0.5) is 5.69 Å². The molecule has 1 unspecified atom stereocenters. The van der Waals surface area contributed by atoms with E-state index in [4.69, 9.17) is 0 Å². The lowest BCUT2D eigenvalue weighted by atomic mass is 10.2. The van der Waals surface area contributed by atoms with Crippen molar-refractivity contribution in [2.24, 2.45) is 5.92 Å². The number of piperazine rings is 1. The van der Waals surface area contributed by atoms with Crippen LogP contribution < -0.4 is 10.5 Å². The molecule has 1 N–H and O–H groups in total. The maximum atomic E-state index is 12.1. The molecule has 1 saturated carbocycles. The number of aliphatic hydroxyl groups is 1. The zero-order valence-corrected chi connectivity index (χ0v) is 11.9. The second kappa shape index (κ2) is 5.54. The van der Waals surface area contributed by atoms with E-state index in [0.717, 1.165) is 44.7 Å². The minimum atomic E-state index is -0.435. The number of hydrogen-bond donors (Lipinski definition) is 1. The van der Waals surface area contributed by atoms with Gasteiger partial charge in [-0.25, -0.2) is 4.68 Å². The first-order chi connectivity index (χ1) is 9.63. The Balaban J connectivity index is 1.68. The first-order valence-corrected chi connectivity index (χ1v) is 7.32. The number of aliphatic hydroxyl groups excluding tert-OH is 1. The van der Waals surface area contributed by atoms with Gasteiger partial charge in [-0.3, -0.25) is 4.79 Å². The lowest BCUT2D eigenvalue weighted by molar-refractivity contribution is 0.125. The van der Waals surface area contributed by atoms with Crippen LogP contribution in [0, 0.1) is 5.92 Å². The van der Waals surface area contributed by atoms with Crippen LogP contribution in [0.15, 0.2) is 17.1 Å². The van der Waals surface area contributed by atoms with E-state index in [-0.39, 0.29) is 5.56 Å². The maximum absolute atomic E-state index is 12.1. The van der Waals surface area contributed by atoms with Crippen molar-refractivity contribution in [2.75, 3.05) is 38.1 Å². The molecular weight excluding hydrogens is 256 g/mol. The molecular formula is C14H22N4O2. The third kappa shape index (κ3) is 3.02. The van der Waals surface area contributed by atoms with Crippen LogP contribution in [-0.2, 0) is 6.54 Å². The van der Waals surface area contributed by atoms with Crippen LogP contribution in [-0.4, -0.2) is 59.1 Å². The van der Waals surface area contributed by atoms with E-state index in [1.165, 1.54) is 4.68 Å². The van der Waals surface area contributed by atoms with Crippen LogP contribution in [0.5, 0.6) is 0 Å². The van der Waals surface area contributed by atoms with Crippen LogP contribution in [0.1, 0.15) is 12.8 Å². The molecule has 2 aliphatic rings. The number of nitrogens with zero attached hydrogens (tertiary/aromatic N) is 4. The van der Waals surface area contributed by atoms with E-state index in [1.807, 2.05) is 0 Å². The highest BCUT2D eigenvalue weighted by Gasteiger charge is 2.30. The van der Waals surface area contributed by atoms with Crippen molar-refractivity contribution in [3.05, 3.63) is 22.6 Å². The summed E-state index contributed by atoms with van der Waals surface area (Å²) < 4.78 is 1.38. The van der Waals surface area contributed by atoms with Gasteiger partial charge >= 0.3 is 0 Å². The number of rotatable bonds is 4. The standard InChI is InChI=1S/C14H22N4O2/c1-16-4-6-17(7-5-16)12-8-14(20)18(15-9-12)10-13(19)11-2-3-11/h8-9,11,13,19H,2-7,10H2,1H3. The van der Waals surface area contributed by atoms with Gasteiger partial charge in [0.05, 0.1) is 24.5 Å². The molecule has 3 rings (SSSR count). The van der Waals surface area contributed by atoms with Crippen molar-refractivity contribution >= 4 is 5.69 Å². The highest BCUT2D eigenvalue weighted by molar-refractivity contribution is 5.43. The third-order valence-electron chi connectivity index (χ3n) is 4.25. The lowest BCUT2D eigenvalue weighted by Gasteiger charge is -2.33. The largest absolute Gasteiger partial charge is 0.391 e. The second-order valence-electron chi connectivity index (χ2n) is 5.93. The fraction of sp³-hybridized carbons (Fsp3) is 0.714. The Kier molecular flexibility index (Phi) is 3.76. The molecule has 2 fully saturated rings. The highest BCUT2D eigenvalue weighted by atomic mass is 16.3. The summed E-state index contributed by atoms with van der Waals surface area (Å²) in [7, 11) is 2.10. The Labute approximate surface area is 118 Å². The molecule has 20 heavy (non-hydrogen) atoms. The predicted molar refractivity (Wildman–Crippen MR) is 76.9 cm³/mol. The Morgan fingerprint density at radius 1 is 1.35 bits per heavy atom. The normalized spacial score (nSPS) is 22.0. The molecule has 1 atom stereocenters. The molecule has 1 saturated heterocycles. The topological polar surface area (TPSA) is 61.6 Å². The molecule has 0 amide bonds. The molecule has 1 aromatic rings. The van der Waals surface area contributed by atoms with Gasteiger partial charge in [-0.05, 0) is 25.8 Å². The summed E-state index contributed by atoms with van der Waals surface area (Å²) in [6.45, 7) is 4.16. The quantitative estimate of drug-likeness (QED) is 0.824. The van der Waals surface area contributed by atoms with Gasteiger partial charge in [0, 0.05) is 32.2 Å². The van der Waals surface area contributed by atoms with E-state index in [9.17, 15) is 9.90 Å². The molecule has 0 radical (unpaired) electrons. The molecule has 1 aliphatic carbocycles. The smallest absolute Gasteiger partial charge is 0.268 e. The van der Waals surface area contributed by atoms with Gasteiger partial charge in [0.2, 0.25) is 0 Å². The number of anilines is 1. The number of likely N-dealkylation sites (N-methyl/N-ethyl adjacent to an activating group) is 1.